The largest absolute Gasteiger partial charge is 0.369 e. The highest BCUT2D eigenvalue weighted by Gasteiger charge is 2.42. The van der Waals surface area contributed by atoms with Gasteiger partial charge in [-0.2, -0.15) is 0 Å². The lowest BCUT2D eigenvalue weighted by molar-refractivity contribution is 0.0752. The van der Waals surface area contributed by atoms with Crippen molar-refractivity contribution in [3.8, 4) is 0 Å². The maximum absolute atomic E-state index is 13.5. The molecule has 186 valence electrons. The van der Waals surface area contributed by atoms with Gasteiger partial charge in [0.05, 0.1) is 11.3 Å². The Kier molecular flexibility index (Phi) is 8.53. The molecular weight excluding hydrogens is 467 g/mol. The molecule has 1 aromatic heterocycles. The minimum Gasteiger partial charge on any atom is -0.369 e. The van der Waals surface area contributed by atoms with Gasteiger partial charge in [-0.05, 0) is 61.2 Å². The molecule has 3 heterocycles. The lowest BCUT2D eigenvalue weighted by Gasteiger charge is -2.36. The van der Waals surface area contributed by atoms with E-state index in [1.54, 1.807) is 0 Å². The van der Waals surface area contributed by atoms with Gasteiger partial charge in [0.1, 0.15) is 9.90 Å². The van der Waals surface area contributed by atoms with Crippen LogP contribution in [0, 0.1) is 5.82 Å². The minimum atomic E-state index is -0.188. The predicted molar refractivity (Wildman–Crippen MR) is 144 cm³/mol. The zero-order chi connectivity index (χ0) is 24.1. The average Bonchev–Trinajstić information content (AvgIpc) is 3.19. The number of anilines is 1. The van der Waals surface area contributed by atoms with Crippen molar-refractivity contribution in [2.24, 2.45) is 7.05 Å². The van der Waals surface area contributed by atoms with Gasteiger partial charge in [0.25, 0.3) is 5.91 Å². The molecule has 2 aromatic rings. The van der Waals surface area contributed by atoms with Crippen LogP contribution in [0.2, 0.25) is 0 Å². The second-order valence-corrected chi connectivity index (χ2v) is 12.4. The number of amides is 1. The molecule has 0 N–H and O–H groups in total. The first-order chi connectivity index (χ1) is 16.5. The SMILES string of the molecule is CCSC1(SCC)CCN(CCCN2CCN(c3ccc(F)cc3)CC2)C(=O)c2ccn(C)c21. The second-order valence-electron chi connectivity index (χ2n) is 9.01. The van der Waals surface area contributed by atoms with E-state index in [2.05, 4.69) is 40.2 Å². The molecule has 1 amide bonds. The zero-order valence-electron chi connectivity index (χ0n) is 20.6. The monoisotopic (exact) mass is 504 g/mol. The molecule has 0 atom stereocenters. The van der Waals surface area contributed by atoms with Gasteiger partial charge < -0.3 is 14.4 Å². The number of piperazine rings is 1. The van der Waals surface area contributed by atoms with Gasteiger partial charge in [-0.3, -0.25) is 9.69 Å². The van der Waals surface area contributed by atoms with E-state index in [-0.39, 0.29) is 15.8 Å². The Labute approximate surface area is 212 Å². The van der Waals surface area contributed by atoms with Crippen LogP contribution in [-0.2, 0) is 11.1 Å². The standard InChI is InChI=1S/C26H37FN4OS2/c1-4-33-26(34-5-2)12-16-31(25(32)23-11-15-28(3)24(23)26)14-6-13-29-17-19-30(20-18-29)22-9-7-21(27)8-10-22/h7-11,15H,4-6,12-14,16-20H2,1-3H3. The molecule has 0 saturated carbocycles. The number of nitrogens with zero attached hydrogens (tertiary/aromatic N) is 4. The van der Waals surface area contributed by atoms with Gasteiger partial charge in [-0.25, -0.2) is 4.39 Å². The van der Waals surface area contributed by atoms with Gasteiger partial charge in [0, 0.05) is 58.2 Å². The number of benzene rings is 1. The summed E-state index contributed by atoms with van der Waals surface area (Å²) < 4.78 is 15.3. The van der Waals surface area contributed by atoms with Gasteiger partial charge >= 0.3 is 0 Å². The molecule has 0 aliphatic carbocycles. The third-order valence-electron chi connectivity index (χ3n) is 6.88. The highest BCUT2D eigenvalue weighted by Crippen LogP contribution is 2.51. The Morgan fingerprint density at radius 3 is 2.26 bits per heavy atom. The number of halogens is 1. The van der Waals surface area contributed by atoms with Crippen molar-refractivity contribution < 1.29 is 9.18 Å². The molecule has 0 bridgehead atoms. The second kappa shape index (κ2) is 11.4. The summed E-state index contributed by atoms with van der Waals surface area (Å²) in [7, 11) is 2.08. The Morgan fingerprint density at radius 2 is 1.62 bits per heavy atom. The van der Waals surface area contributed by atoms with Crippen LogP contribution >= 0.6 is 23.5 Å². The van der Waals surface area contributed by atoms with E-state index in [0.717, 1.165) is 81.4 Å². The molecule has 1 fully saturated rings. The van der Waals surface area contributed by atoms with E-state index in [4.69, 9.17) is 0 Å². The van der Waals surface area contributed by atoms with Gasteiger partial charge in [-0.1, -0.05) is 13.8 Å². The summed E-state index contributed by atoms with van der Waals surface area (Å²) >= 11 is 3.96. The molecule has 0 unspecified atom stereocenters. The molecule has 34 heavy (non-hydrogen) atoms. The van der Waals surface area contributed by atoms with Gasteiger partial charge in [-0.15, -0.1) is 23.5 Å². The Hall–Kier alpha value is -1.64. The Balaban J connectivity index is 1.33. The van der Waals surface area contributed by atoms with Crippen LogP contribution in [0.3, 0.4) is 0 Å². The lowest BCUT2D eigenvalue weighted by Crippen LogP contribution is -2.47. The quantitative estimate of drug-likeness (QED) is 0.455. The van der Waals surface area contributed by atoms with Crippen molar-refractivity contribution in [1.29, 1.82) is 0 Å². The molecular formula is C26H37FN4OS2. The third-order valence-corrected chi connectivity index (χ3v) is 9.90. The van der Waals surface area contributed by atoms with Crippen LogP contribution in [0.4, 0.5) is 10.1 Å². The van der Waals surface area contributed by atoms with E-state index in [1.807, 2.05) is 47.9 Å². The molecule has 1 saturated heterocycles. The first-order valence-corrected chi connectivity index (χ1v) is 14.4. The maximum atomic E-state index is 13.5. The molecule has 8 heteroatoms. The molecule has 2 aliphatic heterocycles. The highest BCUT2D eigenvalue weighted by molar-refractivity contribution is 8.17. The van der Waals surface area contributed by atoms with Crippen molar-refractivity contribution in [2.75, 3.05) is 62.2 Å². The fraction of sp³-hybridized carbons (Fsp3) is 0.577. The zero-order valence-corrected chi connectivity index (χ0v) is 22.3. The molecule has 0 spiro atoms. The third kappa shape index (κ3) is 5.44. The van der Waals surface area contributed by atoms with Crippen molar-refractivity contribution in [3.05, 3.63) is 53.6 Å². The number of thioether (sulfide) groups is 2. The smallest absolute Gasteiger partial charge is 0.255 e. The lowest BCUT2D eigenvalue weighted by atomic mass is 10.1. The van der Waals surface area contributed by atoms with E-state index in [1.165, 1.54) is 17.8 Å². The number of carbonyl (C=O) groups excluding carboxylic acids is 1. The number of aryl methyl sites for hydroxylation is 1. The number of carbonyl (C=O) groups is 1. The van der Waals surface area contributed by atoms with Crippen LogP contribution in [0.15, 0.2) is 36.5 Å². The van der Waals surface area contributed by atoms with Crippen molar-refractivity contribution in [3.63, 3.8) is 0 Å². The maximum Gasteiger partial charge on any atom is 0.255 e. The average molecular weight is 505 g/mol. The Bertz CT molecular complexity index is 950. The number of aromatic nitrogens is 1. The number of hydrogen-bond donors (Lipinski definition) is 0. The fourth-order valence-corrected chi connectivity index (χ4v) is 8.44. The van der Waals surface area contributed by atoms with Gasteiger partial charge in [0.2, 0.25) is 0 Å². The molecule has 2 aliphatic rings. The number of fused-ring (bicyclic) bond motifs is 1. The number of rotatable bonds is 9. The summed E-state index contributed by atoms with van der Waals surface area (Å²) in [5.74, 6) is 2.07. The fourth-order valence-electron chi connectivity index (χ4n) is 5.22. The van der Waals surface area contributed by atoms with E-state index < -0.39 is 0 Å². The molecule has 1 aromatic carbocycles. The minimum absolute atomic E-state index is 0.0574. The first kappa shape index (κ1) is 25.5. The summed E-state index contributed by atoms with van der Waals surface area (Å²) in [6, 6.07) is 8.81. The molecule has 5 nitrogen and oxygen atoms in total. The highest BCUT2D eigenvalue weighted by atomic mass is 32.2. The van der Waals surface area contributed by atoms with Crippen LogP contribution < -0.4 is 4.90 Å². The summed E-state index contributed by atoms with van der Waals surface area (Å²) in [5, 5.41) is 0. The van der Waals surface area contributed by atoms with Crippen molar-refractivity contribution >= 4 is 35.1 Å². The normalized spacial score (nSPS) is 18.8. The van der Waals surface area contributed by atoms with E-state index >= 15 is 0 Å². The summed E-state index contributed by atoms with van der Waals surface area (Å²) in [4.78, 5) is 20.4. The molecule has 0 radical (unpaired) electrons. The molecule has 4 rings (SSSR count). The van der Waals surface area contributed by atoms with Gasteiger partial charge in [0.15, 0.2) is 0 Å². The summed E-state index contributed by atoms with van der Waals surface area (Å²) in [6.07, 6.45) is 4.02. The summed E-state index contributed by atoms with van der Waals surface area (Å²) in [6.45, 7) is 10.9. The van der Waals surface area contributed by atoms with Crippen LogP contribution in [-0.4, -0.2) is 77.6 Å². The van der Waals surface area contributed by atoms with Crippen molar-refractivity contribution in [1.82, 2.24) is 14.4 Å². The van der Waals surface area contributed by atoms with Crippen LogP contribution in [0.5, 0.6) is 0 Å². The van der Waals surface area contributed by atoms with Crippen LogP contribution in [0.1, 0.15) is 42.7 Å². The number of hydrogen-bond acceptors (Lipinski definition) is 5. The van der Waals surface area contributed by atoms with Crippen molar-refractivity contribution in [2.45, 2.75) is 30.8 Å². The first-order valence-electron chi connectivity index (χ1n) is 12.4. The Morgan fingerprint density at radius 1 is 0.941 bits per heavy atom. The topological polar surface area (TPSA) is 31.7 Å². The van der Waals surface area contributed by atoms with E-state index in [9.17, 15) is 9.18 Å². The van der Waals surface area contributed by atoms with E-state index in [0.29, 0.717) is 0 Å². The predicted octanol–water partition coefficient (Wildman–Crippen LogP) is 4.88. The van der Waals surface area contributed by atoms with Crippen LogP contribution in [0.25, 0.3) is 0 Å². The summed E-state index contributed by atoms with van der Waals surface area (Å²) in [5.41, 5.74) is 3.17.